The summed E-state index contributed by atoms with van der Waals surface area (Å²) in [6, 6.07) is 6.38. The van der Waals surface area contributed by atoms with E-state index in [0.29, 0.717) is 12.0 Å². The van der Waals surface area contributed by atoms with E-state index in [0.717, 1.165) is 11.6 Å². The zero-order valence-corrected chi connectivity index (χ0v) is 13.3. The Bertz CT molecular complexity index is 574. The summed E-state index contributed by atoms with van der Waals surface area (Å²) in [6.45, 7) is 4.36. The van der Waals surface area contributed by atoms with E-state index in [2.05, 4.69) is 39.7 Å². The molecule has 1 aliphatic rings. The van der Waals surface area contributed by atoms with Crippen LogP contribution in [0.4, 0.5) is 5.82 Å². The summed E-state index contributed by atoms with van der Waals surface area (Å²) in [5.41, 5.74) is 0. The third-order valence-corrected chi connectivity index (χ3v) is 4.35. The number of pyridine rings is 1. The van der Waals surface area contributed by atoms with Gasteiger partial charge in [0.15, 0.2) is 5.82 Å². The molecule has 2 aromatic rings. The average Bonchev–Trinajstić information content (AvgIpc) is 3.03. The van der Waals surface area contributed by atoms with Gasteiger partial charge in [0, 0.05) is 6.20 Å². The number of aromatic nitrogens is 5. The van der Waals surface area contributed by atoms with Crippen molar-refractivity contribution in [2.24, 2.45) is 5.92 Å². The number of nitrogens with one attached hydrogen (secondary N) is 1. The third-order valence-electron chi connectivity index (χ3n) is 4.35. The first-order valence-electron chi connectivity index (χ1n) is 8.21. The number of rotatable bonds is 5. The number of nitrogens with zero attached hydrogens (tertiary/aromatic N) is 5. The largest absolute Gasteiger partial charge is 0.360 e. The summed E-state index contributed by atoms with van der Waals surface area (Å²) in [5.74, 6) is 2.15. The molecule has 1 saturated carbocycles. The predicted octanol–water partition coefficient (Wildman–Crippen LogP) is 4.02. The molecule has 0 amide bonds. The van der Waals surface area contributed by atoms with Crippen LogP contribution in [-0.2, 0) is 0 Å². The summed E-state index contributed by atoms with van der Waals surface area (Å²) < 4.78 is 2.04. The van der Waals surface area contributed by atoms with Gasteiger partial charge in [-0.15, -0.1) is 5.10 Å². The van der Waals surface area contributed by atoms with Crippen LogP contribution in [0.5, 0.6) is 0 Å². The van der Waals surface area contributed by atoms with Crippen molar-refractivity contribution >= 4 is 5.82 Å². The lowest BCUT2D eigenvalue weighted by Gasteiger charge is -2.27. The Morgan fingerprint density at radius 2 is 1.96 bits per heavy atom. The minimum Gasteiger partial charge on any atom is -0.360 e. The average molecular weight is 316 g/mol. The van der Waals surface area contributed by atoms with Crippen LogP contribution in [-0.4, -0.2) is 25.2 Å². The molecule has 0 aromatic carbocycles. The molecular formula is C17H28N6. The summed E-state index contributed by atoms with van der Waals surface area (Å²) in [5, 5.41) is 16.0. The maximum absolute atomic E-state index is 4.36. The Hall–Kier alpha value is -1.98. The minimum absolute atomic E-state index is 0. The Morgan fingerprint density at radius 3 is 2.61 bits per heavy atom. The molecular weight excluding hydrogens is 288 g/mol. The van der Waals surface area contributed by atoms with Gasteiger partial charge in [-0.25, -0.2) is 9.67 Å². The number of hydrogen-bond donors (Lipinski definition) is 1. The van der Waals surface area contributed by atoms with Crippen LogP contribution >= 0.6 is 0 Å². The maximum atomic E-state index is 4.36. The predicted molar refractivity (Wildman–Crippen MR) is 92.1 cm³/mol. The second kappa shape index (κ2) is 8.04. The second-order valence-corrected chi connectivity index (χ2v) is 6.35. The fraction of sp³-hybridized carbons (Fsp3) is 0.647. The summed E-state index contributed by atoms with van der Waals surface area (Å²) >= 11 is 0. The van der Waals surface area contributed by atoms with Crippen LogP contribution in [0.25, 0.3) is 0 Å². The number of hydrogen-bond acceptors (Lipinski definition) is 5. The van der Waals surface area contributed by atoms with E-state index >= 15 is 0 Å². The molecule has 2 aromatic heterocycles. The SMILES string of the molecule is C.CC(C)C(Nc1ccccn1)c1nnnn1C1CCCCC1. The van der Waals surface area contributed by atoms with E-state index < -0.39 is 0 Å². The van der Waals surface area contributed by atoms with E-state index in [1.54, 1.807) is 6.20 Å². The van der Waals surface area contributed by atoms with E-state index in [-0.39, 0.29) is 13.5 Å². The quantitative estimate of drug-likeness (QED) is 0.902. The van der Waals surface area contributed by atoms with Crippen molar-refractivity contribution in [1.82, 2.24) is 25.2 Å². The molecule has 1 atom stereocenters. The molecule has 6 heteroatoms. The Labute approximate surface area is 138 Å². The van der Waals surface area contributed by atoms with Gasteiger partial charge in [-0.3, -0.25) is 0 Å². The molecule has 1 aliphatic carbocycles. The van der Waals surface area contributed by atoms with Crippen molar-refractivity contribution < 1.29 is 0 Å². The molecule has 1 unspecified atom stereocenters. The maximum Gasteiger partial charge on any atom is 0.174 e. The van der Waals surface area contributed by atoms with Gasteiger partial charge in [0.05, 0.1) is 12.1 Å². The topological polar surface area (TPSA) is 68.5 Å². The standard InChI is InChI=1S/C16H24N6.CH4/c1-12(2)15(18-14-10-6-7-11-17-14)16-19-20-21-22(16)13-8-4-3-5-9-13;/h6-7,10-13,15H,3-5,8-9H2,1-2H3,(H,17,18);1H4. The highest BCUT2D eigenvalue weighted by Gasteiger charge is 2.27. The fourth-order valence-corrected chi connectivity index (χ4v) is 3.13. The van der Waals surface area contributed by atoms with E-state index in [1.165, 1.54) is 32.1 Å². The van der Waals surface area contributed by atoms with Crippen LogP contribution < -0.4 is 5.32 Å². The van der Waals surface area contributed by atoms with Crippen molar-refractivity contribution in [2.45, 2.75) is 65.5 Å². The Balaban J connectivity index is 0.00000192. The van der Waals surface area contributed by atoms with Crippen LogP contribution in [0, 0.1) is 5.92 Å². The highest BCUT2D eigenvalue weighted by atomic mass is 15.6. The van der Waals surface area contributed by atoms with Crippen molar-refractivity contribution in [1.29, 1.82) is 0 Å². The first kappa shape index (κ1) is 17.4. The molecule has 1 N–H and O–H groups in total. The third kappa shape index (κ3) is 4.06. The lowest BCUT2D eigenvalue weighted by molar-refractivity contribution is 0.308. The van der Waals surface area contributed by atoms with Gasteiger partial charge in [-0.2, -0.15) is 0 Å². The molecule has 3 rings (SSSR count). The van der Waals surface area contributed by atoms with Crippen molar-refractivity contribution in [3.8, 4) is 0 Å². The molecule has 0 aliphatic heterocycles. The molecule has 0 radical (unpaired) electrons. The first-order chi connectivity index (χ1) is 10.8. The van der Waals surface area contributed by atoms with E-state index in [4.69, 9.17) is 0 Å². The van der Waals surface area contributed by atoms with E-state index in [9.17, 15) is 0 Å². The Kier molecular flexibility index (Phi) is 6.07. The van der Waals surface area contributed by atoms with Crippen LogP contribution in [0.3, 0.4) is 0 Å². The van der Waals surface area contributed by atoms with Crippen LogP contribution in [0.15, 0.2) is 24.4 Å². The molecule has 0 bridgehead atoms. The van der Waals surface area contributed by atoms with Gasteiger partial charge >= 0.3 is 0 Å². The van der Waals surface area contributed by atoms with Gasteiger partial charge in [-0.05, 0) is 41.3 Å². The minimum atomic E-state index is 0. The van der Waals surface area contributed by atoms with Crippen molar-refractivity contribution in [3.05, 3.63) is 30.2 Å². The summed E-state index contributed by atoms with van der Waals surface area (Å²) in [6.07, 6.45) is 8.00. The molecule has 0 spiro atoms. The molecule has 126 valence electrons. The molecule has 2 heterocycles. The van der Waals surface area contributed by atoms with Gasteiger partial charge < -0.3 is 5.32 Å². The van der Waals surface area contributed by atoms with Gasteiger partial charge in [0.1, 0.15) is 5.82 Å². The number of tetrazole rings is 1. The second-order valence-electron chi connectivity index (χ2n) is 6.35. The van der Waals surface area contributed by atoms with Crippen LogP contribution in [0.2, 0.25) is 0 Å². The zero-order chi connectivity index (χ0) is 15.4. The first-order valence-corrected chi connectivity index (χ1v) is 8.21. The smallest absolute Gasteiger partial charge is 0.174 e. The molecule has 0 saturated heterocycles. The molecule has 23 heavy (non-hydrogen) atoms. The van der Waals surface area contributed by atoms with Gasteiger partial charge in [0.25, 0.3) is 0 Å². The zero-order valence-electron chi connectivity index (χ0n) is 13.3. The lowest BCUT2D eigenvalue weighted by Crippen LogP contribution is -2.25. The van der Waals surface area contributed by atoms with Gasteiger partial charge in [0.2, 0.25) is 0 Å². The highest BCUT2D eigenvalue weighted by molar-refractivity contribution is 5.35. The van der Waals surface area contributed by atoms with Crippen molar-refractivity contribution in [3.63, 3.8) is 0 Å². The molecule has 6 nitrogen and oxygen atoms in total. The summed E-state index contributed by atoms with van der Waals surface area (Å²) in [4.78, 5) is 4.36. The van der Waals surface area contributed by atoms with Gasteiger partial charge in [-0.1, -0.05) is 46.6 Å². The lowest BCUT2D eigenvalue weighted by atomic mass is 9.95. The summed E-state index contributed by atoms with van der Waals surface area (Å²) in [7, 11) is 0. The van der Waals surface area contributed by atoms with Crippen LogP contribution in [0.1, 0.15) is 71.3 Å². The Morgan fingerprint density at radius 1 is 1.17 bits per heavy atom. The number of anilines is 1. The fourth-order valence-electron chi connectivity index (χ4n) is 3.13. The van der Waals surface area contributed by atoms with Crippen molar-refractivity contribution in [2.75, 3.05) is 5.32 Å². The van der Waals surface area contributed by atoms with E-state index in [1.807, 2.05) is 22.9 Å². The highest BCUT2D eigenvalue weighted by Crippen LogP contribution is 2.31. The normalized spacial score (nSPS) is 16.8. The molecule has 1 fully saturated rings. The monoisotopic (exact) mass is 316 g/mol.